The van der Waals surface area contributed by atoms with Crippen LogP contribution in [-0.2, 0) is 11.2 Å². The van der Waals surface area contributed by atoms with Gasteiger partial charge >= 0.3 is 0 Å². The molecule has 0 aliphatic rings. The third-order valence-electron chi connectivity index (χ3n) is 3.25. The maximum atomic E-state index is 12.1. The molecule has 4 N–H and O–H groups in total. The number of phenolic OH excluding ortho intramolecular Hbond substituents is 1. The number of anilines is 1. The van der Waals surface area contributed by atoms with Crippen molar-refractivity contribution in [1.29, 1.82) is 0 Å². The lowest BCUT2D eigenvalue weighted by molar-refractivity contribution is -0.117. The molecule has 0 spiro atoms. The molecule has 0 aliphatic heterocycles. The van der Waals surface area contributed by atoms with Gasteiger partial charge in [0, 0.05) is 10.2 Å². The van der Waals surface area contributed by atoms with Crippen molar-refractivity contribution < 1.29 is 9.90 Å². The number of amides is 1. The average molecular weight is 349 g/mol. The van der Waals surface area contributed by atoms with Gasteiger partial charge in [-0.2, -0.15) is 0 Å². The quantitative estimate of drug-likeness (QED) is 0.794. The number of nitrogens with one attached hydrogen (secondary N) is 1. The van der Waals surface area contributed by atoms with Gasteiger partial charge < -0.3 is 16.2 Å². The van der Waals surface area contributed by atoms with Crippen molar-refractivity contribution in [2.45, 2.75) is 19.4 Å². The van der Waals surface area contributed by atoms with Gasteiger partial charge in [0.15, 0.2) is 0 Å². The van der Waals surface area contributed by atoms with Crippen LogP contribution in [0.15, 0.2) is 46.9 Å². The smallest absolute Gasteiger partial charge is 0.241 e. The molecule has 0 saturated heterocycles. The molecule has 5 heteroatoms. The summed E-state index contributed by atoms with van der Waals surface area (Å²) in [5, 5.41) is 12.1. The van der Waals surface area contributed by atoms with E-state index in [4.69, 9.17) is 5.73 Å². The zero-order chi connectivity index (χ0) is 15.4. The Morgan fingerprint density at radius 2 is 1.95 bits per heavy atom. The molecule has 2 aromatic carbocycles. The van der Waals surface area contributed by atoms with Crippen LogP contribution in [0.4, 0.5) is 5.69 Å². The zero-order valence-electron chi connectivity index (χ0n) is 11.6. The summed E-state index contributed by atoms with van der Waals surface area (Å²) in [6.45, 7) is 1.92. The standard InChI is InChI=1S/C16H17BrN2O2/c1-10-13(17)3-2-4-15(10)19-16(21)14(18)9-11-5-7-12(20)8-6-11/h2-8,14,20H,9,18H2,1H3,(H,19,21)/t14-/m1/s1. The van der Waals surface area contributed by atoms with Gasteiger partial charge in [0.2, 0.25) is 5.91 Å². The first kappa shape index (κ1) is 15.5. The first-order chi connectivity index (χ1) is 9.97. The largest absolute Gasteiger partial charge is 0.508 e. The minimum atomic E-state index is -0.645. The van der Waals surface area contributed by atoms with Crippen LogP contribution in [0.25, 0.3) is 0 Å². The summed E-state index contributed by atoms with van der Waals surface area (Å²) in [5.74, 6) is -0.0363. The molecule has 1 amide bonds. The van der Waals surface area contributed by atoms with Gasteiger partial charge in [-0.3, -0.25) is 4.79 Å². The number of aromatic hydroxyl groups is 1. The summed E-state index contributed by atoms with van der Waals surface area (Å²) in [5.41, 5.74) is 8.55. The number of hydrogen-bond donors (Lipinski definition) is 3. The zero-order valence-corrected chi connectivity index (χ0v) is 13.2. The molecular formula is C16H17BrN2O2. The highest BCUT2D eigenvalue weighted by atomic mass is 79.9. The fraction of sp³-hybridized carbons (Fsp3) is 0.188. The lowest BCUT2D eigenvalue weighted by Gasteiger charge is -2.14. The van der Waals surface area contributed by atoms with Gasteiger partial charge in [0.1, 0.15) is 5.75 Å². The van der Waals surface area contributed by atoms with Crippen LogP contribution < -0.4 is 11.1 Å². The number of rotatable bonds is 4. The molecule has 0 aliphatic carbocycles. The molecule has 110 valence electrons. The Hall–Kier alpha value is -1.85. The Morgan fingerprint density at radius 1 is 1.29 bits per heavy atom. The van der Waals surface area contributed by atoms with Gasteiger partial charge in [-0.1, -0.05) is 34.1 Å². The predicted octanol–water partition coefficient (Wildman–Crippen LogP) is 2.97. The Balaban J connectivity index is 2.02. The van der Waals surface area contributed by atoms with E-state index in [-0.39, 0.29) is 11.7 Å². The van der Waals surface area contributed by atoms with Crippen molar-refractivity contribution in [3.63, 3.8) is 0 Å². The van der Waals surface area contributed by atoms with Crippen LogP contribution in [0.5, 0.6) is 5.75 Å². The lowest BCUT2D eigenvalue weighted by Crippen LogP contribution is -2.37. The van der Waals surface area contributed by atoms with Crippen molar-refractivity contribution >= 4 is 27.5 Å². The molecule has 1 atom stereocenters. The molecule has 21 heavy (non-hydrogen) atoms. The SMILES string of the molecule is Cc1c(Br)cccc1NC(=O)[C@H](N)Cc1ccc(O)cc1. The maximum absolute atomic E-state index is 12.1. The van der Waals surface area contributed by atoms with Gasteiger partial charge in [-0.15, -0.1) is 0 Å². The third-order valence-corrected chi connectivity index (χ3v) is 4.11. The molecular weight excluding hydrogens is 332 g/mol. The van der Waals surface area contributed by atoms with E-state index in [0.717, 1.165) is 21.3 Å². The van der Waals surface area contributed by atoms with E-state index < -0.39 is 6.04 Å². The fourth-order valence-electron chi connectivity index (χ4n) is 1.95. The van der Waals surface area contributed by atoms with Crippen molar-refractivity contribution in [2.24, 2.45) is 5.73 Å². The Morgan fingerprint density at radius 3 is 2.62 bits per heavy atom. The topological polar surface area (TPSA) is 75.4 Å². The van der Waals surface area contributed by atoms with Crippen molar-refractivity contribution in [3.05, 3.63) is 58.1 Å². The van der Waals surface area contributed by atoms with E-state index >= 15 is 0 Å². The molecule has 0 heterocycles. The number of hydrogen-bond acceptors (Lipinski definition) is 3. The summed E-state index contributed by atoms with van der Waals surface area (Å²) in [6.07, 6.45) is 0.416. The fourth-order valence-corrected chi connectivity index (χ4v) is 2.31. The van der Waals surface area contributed by atoms with Gasteiger partial charge in [-0.25, -0.2) is 0 Å². The van der Waals surface area contributed by atoms with Crippen LogP contribution in [-0.4, -0.2) is 17.1 Å². The molecule has 0 unspecified atom stereocenters. The summed E-state index contributed by atoms with van der Waals surface area (Å²) in [7, 11) is 0. The van der Waals surface area contributed by atoms with Crippen LogP contribution in [0.2, 0.25) is 0 Å². The Bertz CT molecular complexity index is 641. The summed E-state index contributed by atoms with van der Waals surface area (Å²) >= 11 is 3.43. The third kappa shape index (κ3) is 4.06. The lowest BCUT2D eigenvalue weighted by atomic mass is 10.1. The number of phenols is 1. The van der Waals surface area contributed by atoms with Gasteiger partial charge in [0.25, 0.3) is 0 Å². The number of benzene rings is 2. The molecule has 0 bridgehead atoms. The van der Waals surface area contributed by atoms with E-state index in [2.05, 4.69) is 21.2 Å². The molecule has 0 saturated carbocycles. The number of halogens is 1. The molecule has 0 radical (unpaired) electrons. The monoisotopic (exact) mass is 348 g/mol. The Kier molecular flexibility index (Phi) is 4.98. The van der Waals surface area contributed by atoms with Gasteiger partial charge in [-0.05, 0) is 48.7 Å². The molecule has 0 fully saturated rings. The Labute approximate surface area is 132 Å². The van der Waals surface area contributed by atoms with E-state index in [9.17, 15) is 9.90 Å². The summed E-state index contributed by atoms with van der Waals surface area (Å²) < 4.78 is 0.937. The van der Waals surface area contributed by atoms with Crippen LogP contribution in [0.3, 0.4) is 0 Å². The second-order valence-electron chi connectivity index (χ2n) is 4.88. The minimum absolute atomic E-state index is 0.196. The second-order valence-corrected chi connectivity index (χ2v) is 5.73. The van der Waals surface area contributed by atoms with Crippen LogP contribution >= 0.6 is 15.9 Å². The summed E-state index contributed by atoms with van der Waals surface area (Å²) in [4.78, 5) is 12.1. The first-order valence-corrected chi connectivity index (χ1v) is 7.36. The van der Waals surface area contributed by atoms with Crippen molar-refractivity contribution in [3.8, 4) is 5.75 Å². The second kappa shape index (κ2) is 6.74. The highest BCUT2D eigenvalue weighted by molar-refractivity contribution is 9.10. The normalized spacial score (nSPS) is 12.0. The molecule has 2 rings (SSSR count). The predicted molar refractivity (Wildman–Crippen MR) is 87.3 cm³/mol. The minimum Gasteiger partial charge on any atom is -0.508 e. The number of carbonyl (C=O) groups excluding carboxylic acids is 1. The molecule has 0 aromatic heterocycles. The van der Waals surface area contributed by atoms with Crippen LogP contribution in [0, 0.1) is 6.92 Å². The van der Waals surface area contributed by atoms with Crippen molar-refractivity contribution in [2.75, 3.05) is 5.32 Å². The summed E-state index contributed by atoms with van der Waals surface area (Å²) in [6, 6.07) is 11.6. The van der Waals surface area contributed by atoms with E-state index in [1.165, 1.54) is 0 Å². The average Bonchev–Trinajstić information content (AvgIpc) is 2.46. The molecule has 4 nitrogen and oxygen atoms in total. The highest BCUT2D eigenvalue weighted by Gasteiger charge is 2.15. The highest BCUT2D eigenvalue weighted by Crippen LogP contribution is 2.23. The van der Waals surface area contributed by atoms with Gasteiger partial charge in [0.05, 0.1) is 6.04 Å². The van der Waals surface area contributed by atoms with Crippen LogP contribution in [0.1, 0.15) is 11.1 Å². The van der Waals surface area contributed by atoms with E-state index in [0.29, 0.717) is 6.42 Å². The van der Waals surface area contributed by atoms with E-state index in [1.807, 2.05) is 25.1 Å². The van der Waals surface area contributed by atoms with Crippen molar-refractivity contribution in [1.82, 2.24) is 0 Å². The first-order valence-electron chi connectivity index (χ1n) is 6.57. The number of carbonyl (C=O) groups is 1. The molecule has 2 aromatic rings. The number of nitrogens with two attached hydrogens (primary N) is 1. The van der Waals surface area contributed by atoms with E-state index in [1.54, 1.807) is 24.3 Å². The maximum Gasteiger partial charge on any atom is 0.241 e.